The second-order valence-corrected chi connectivity index (χ2v) is 11.4. The summed E-state index contributed by atoms with van der Waals surface area (Å²) >= 11 is 1.42. The third kappa shape index (κ3) is 5.50. The highest BCUT2D eigenvalue weighted by atomic mass is 32.2. The van der Waals surface area contributed by atoms with Crippen LogP contribution in [0.3, 0.4) is 0 Å². The molecule has 0 saturated carbocycles. The fraction of sp³-hybridized carbons (Fsp3) is 0.387. The third-order valence-corrected chi connectivity index (χ3v) is 8.99. The molecule has 5 heteroatoms. The Morgan fingerprint density at radius 3 is 2.25 bits per heavy atom. The van der Waals surface area contributed by atoms with Crippen LogP contribution in [-0.4, -0.2) is 16.1 Å². The van der Waals surface area contributed by atoms with Gasteiger partial charge < -0.3 is 0 Å². The lowest BCUT2D eigenvalue weighted by Gasteiger charge is -2.37. The molecule has 0 aliphatic heterocycles. The second kappa shape index (κ2) is 11.3. The van der Waals surface area contributed by atoms with Crippen LogP contribution in [0, 0.1) is 22.7 Å². The maximum Gasteiger partial charge on any atom is 0.245 e. The zero-order valence-corrected chi connectivity index (χ0v) is 22.5. The summed E-state index contributed by atoms with van der Waals surface area (Å²) in [5, 5.41) is 10.3. The van der Waals surface area contributed by atoms with Crippen LogP contribution in [0.2, 0.25) is 0 Å². The molecule has 0 saturated heterocycles. The van der Waals surface area contributed by atoms with Gasteiger partial charge in [0.25, 0.3) is 0 Å². The highest BCUT2D eigenvalue weighted by molar-refractivity contribution is 8.00. The van der Waals surface area contributed by atoms with E-state index in [1.807, 2.05) is 73.7 Å². The summed E-state index contributed by atoms with van der Waals surface area (Å²) in [6.07, 6.45) is 4.78. The quantitative estimate of drug-likeness (QED) is 0.299. The molecule has 2 atom stereocenters. The van der Waals surface area contributed by atoms with Crippen molar-refractivity contribution in [3.05, 3.63) is 83.6 Å². The number of nitrogens with zero attached hydrogens (tertiary/aromatic N) is 3. The Morgan fingerprint density at radius 1 is 1.11 bits per heavy atom. The van der Waals surface area contributed by atoms with Crippen LogP contribution in [-0.2, 0) is 17.6 Å². The summed E-state index contributed by atoms with van der Waals surface area (Å²) in [5.41, 5.74) is 4.79. The molecule has 0 spiro atoms. The molecule has 36 heavy (non-hydrogen) atoms. The summed E-state index contributed by atoms with van der Waals surface area (Å²) in [5.74, 6) is 0.588. The number of pyridine rings is 1. The zero-order valence-electron chi connectivity index (χ0n) is 21.7. The van der Waals surface area contributed by atoms with E-state index in [2.05, 4.69) is 26.8 Å². The number of carbonyl (C=O) groups excluding carboxylic acids is 1. The summed E-state index contributed by atoms with van der Waals surface area (Å²) in [6, 6.07) is 23.9. The van der Waals surface area contributed by atoms with Crippen LogP contribution >= 0.6 is 11.8 Å². The molecule has 1 aliphatic carbocycles. The first-order chi connectivity index (χ1) is 17.4. The van der Waals surface area contributed by atoms with E-state index in [4.69, 9.17) is 4.98 Å². The minimum Gasteiger partial charge on any atom is -0.280 e. The van der Waals surface area contributed by atoms with E-state index in [1.54, 1.807) is 4.90 Å². The minimum absolute atomic E-state index is 0.00642. The van der Waals surface area contributed by atoms with Crippen molar-refractivity contribution >= 4 is 29.0 Å². The Bertz CT molecular complexity index is 1190. The minimum atomic E-state index is -0.363. The van der Waals surface area contributed by atoms with E-state index in [-0.39, 0.29) is 16.6 Å². The van der Waals surface area contributed by atoms with Gasteiger partial charge in [-0.25, -0.2) is 4.98 Å². The number of amides is 1. The van der Waals surface area contributed by atoms with Crippen molar-refractivity contribution in [1.29, 1.82) is 5.26 Å². The molecule has 4 nitrogen and oxygen atoms in total. The van der Waals surface area contributed by atoms with Crippen molar-refractivity contribution < 1.29 is 4.79 Å². The zero-order chi connectivity index (χ0) is 25.7. The third-order valence-electron chi connectivity index (χ3n) is 7.64. The number of aryl methyl sites for hydroxylation is 1. The number of aromatic nitrogens is 1. The number of thioether (sulfide) groups is 1. The molecule has 2 unspecified atom stereocenters. The Hall–Kier alpha value is -3.10. The summed E-state index contributed by atoms with van der Waals surface area (Å²) < 4.78 is 0. The first-order valence-electron chi connectivity index (χ1n) is 12.9. The van der Waals surface area contributed by atoms with E-state index in [9.17, 15) is 10.1 Å². The van der Waals surface area contributed by atoms with Crippen LogP contribution in [0.4, 0.5) is 11.4 Å². The van der Waals surface area contributed by atoms with Crippen LogP contribution in [0.15, 0.2) is 71.8 Å². The number of rotatable bonds is 8. The van der Waals surface area contributed by atoms with Crippen molar-refractivity contribution in [2.45, 2.75) is 70.1 Å². The van der Waals surface area contributed by atoms with Gasteiger partial charge >= 0.3 is 0 Å². The summed E-state index contributed by atoms with van der Waals surface area (Å²) in [6.45, 7) is 8.96. The highest BCUT2D eigenvalue weighted by Crippen LogP contribution is 2.41. The first-order valence-corrected chi connectivity index (χ1v) is 13.8. The van der Waals surface area contributed by atoms with E-state index in [0.29, 0.717) is 22.9 Å². The molecule has 2 aromatic carbocycles. The lowest BCUT2D eigenvalue weighted by Crippen LogP contribution is -2.34. The smallest absolute Gasteiger partial charge is 0.245 e. The molecule has 1 aromatic heterocycles. The highest BCUT2D eigenvalue weighted by Gasteiger charge is 2.33. The van der Waals surface area contributed by atoms with E-state index >= 15 is 0 Å². The van der Waals surface area contributed by atoms with Gasteiger partial charge in [0.05, 0.1) is 10.8 Å². The van der Waals surface area contributed by atoms with Gasteiger partial charge in [0, 0.05) is 17.1 Å². The number of nitriles is 1. The van der Waals surface area contributed by atoms with Gasteiger partial charge in [-0.15, -0.1) is 0 Å². The predicted octanol–water partition coefficient (Wildman–Crippen LogP) is 7.73. The number of para-hydroxylation sites is 2. The Morgan fingerprint density at radius 2 is 1.72 bits per heavy atom. The van der Waals surface area contributed by atoms with Gasteiger partial charge in [0.2, 0.25) is 5.91 Å². The maximum atomic E-state index is 13.9. The van der Waals surface area contributed by atoms with Crippen LogP contribution in [0.25, 0.3) is 0 Å². The van der Waals surface area contributed by atoms with Gasteiger partial charge in [0.15, 0.2) is 0 Å². The van der Waals surface area contributed by atoms with Crippen LogP contribution < -0.4 is 4.90 Å². The topological polar surface area (TPSA) is 57.0 Å². The van der Waals surface area contributed by atoms with Crippen molar-refractivity contribution in [3.63, 3.8) is 0 Å². The molecular weight excluding hydrogens is 462 g/mol. The molecule has 1 heterocycles. The Kier molecular flexibility index (Phi) is 8.16. The normalized spacial score (nSPS) is 16.0. The van der Waals surface area contributed by atoms with Crippen molar-refractivity contribution in [1.82, 2.24) is 4.98 Å². The molecule has 1 amide bonds. The van der Waals surface area contributed by atoms with Gasteiger partial charge in [0.1, 0.15) is 11.1 Å². The second-order valence-electron chi connectivity index (χ2n) is 10.2. The van der Waals surface area contributed by atoms with E-state index < -0.39 is 0 Å². The van der Waals surface area contributed by atoms with Gasteiger partial charge in [-0.2, -0.15) is 5.26 Å². The molecule has 0 radical (unpaired) electrons. The van der Waals surface area contributed by atoms with Gasteiger partial charge in [-0.3, -0.25) is 9.69 Å². The van der Waals surface area contributed by atoms with Gasteiger partial charge in [-0.05, 0) is 72.9 Å². The number of hydrogen-bond acceptors (Lipinski definition) is 4. The average Bonchev–Trinajstić information content (AvgIpc) is 2.92. The Labute approximate surface area is 219 Å². The van der Waals surface area contributed by atoms with E-state index in [0.717, 1.165) is 42.8 Å². The Balaban J connectivity index is 1.64. The number of benzene rings is 2. The number of hydrogen-bond donors (Lipinski definition) is 0. The summed E-state index contributed by atoms with van der Waals surface area (Å²) in [4.78, 5) is 20.7. The number of fused-ring (bicyclic) bond motifs is 1. The predicted molar refractivity (Wildman–Crippen MR) is 149 cm³/mol. The van der Waals surface area contributed by atoms with E-state index in [1.165, 1.54) is 17.3 Å². The average molecular weight is 498 g/mol. The fourth-order valence-electron chi connectivity index (χ4n) is 4.92. The van der Waals surface area contributed by atoms with Crippen molar-refractivity contribution in [3.8, 4) is 6.07 Å². The van der Waals surface area contributed by atoms with Crippen LogP contribution in [0.5, 0.6) is 0 Å². The molecule has 0 bridgehead atoms. The van der Waals surface area contributed by atoms with Crippen molar-refractivity contribution in [2.75, 3.05) is 4.90 Å². The molecule has 4 rings (SSSR count). The lowest BCUT2D eigenvalue weighted by atomic mass is 9.69. The SMILES string of the molecule is CCC(Sc1nc2c(cc1C#N)CC(C(C)(C)CC)CC2)C(=O)N(c1ccccc1)c1ccccc1. The van der Waals surface area contributed by atoms with Crippen LogP contribution in [0.1, 0.15) is 63.8 Å². The molecular formula is C31H35N3OS. The van der Waals surface area contributed by atoms with Gasteiger partial charge in [-0.1, -0.05) is 82.3 Å². The largest absolute Gasteiger partial charge is 0.280 e. The number of carbonyl (C=O) groups is 1. The monoisotopic (exact) mass is 497 g/mol. The molecule has 0 N–H and O–H groups in total. The first kappa shape index (κ1) is 26.0. The standard InChI is InChI=1S/C31H35N3OS/c1-5-28(30(35)34(25-13-9-7-10-14-25)26-15-11-8-12-16-26)36-29-23(21-32)19-22-20-24(31(3,4)6-2)17-18-27(22)33-29/h7-16,19,24,28H,5-6,17-18,20H2,1-4H3. The summed E-state index contributed by atoms with van der Waals surface area (Å²) in [7, 11) is 0. The number of anilines is 2. The van der Waals surface area contributed by atoms with Crippen molar-refractivity contribution in [2.24, 2.45) is 11.3 Å². The lowest BCUT2D eigenvalue weighted by molar-refractivity contribution is -0.117. The molecule has 1 aliphatic rings. The fourth-order valence-corrected chi connectivity index (χ4v) is 5.95. The molecule has 3 aromatic rings. The molecule has 186 valence electrons. The maximum absolute atomic E-state index is 13.9. The molecule has 0 fully saturated rings.